The SMILES string of the molecule is CCCCN(CC)S(=O)(=O)c1ccc(C(=O)N(Cc2ccccn2)c2nc3cc(OC)ccc3s2)cc1. The Morgan fingerprint density at radius 2 is 1.84 bits per heavy atom. The summed E-state index contributed by atoms with van der Waals surface area (Å²) < 4.78 is 33.9. The lowest BCUT2D eigenvalue weighted by Crippen LogP contribution is -2.32. The monoisotopic (exact) mass is 538 g/mol. The van der Waals surface area contributed by atoms with Crippen LogP contribution in [0.1, 0.15) is 42.7 Å². The van der Waals surface area contributed by atoms with Gasteiger partial charge in [0, 0.05) is 30.9 Å². The van der Waals surface area contributed by atoms with E-state index in [2.05, 4.69) is 4.98 Å². The molecule has 8 nitrogen and oxygen atoms in total. The second-order valence-corrected chi connectivity index (χ2v) is 11.4. The first kappa shape index (κ1) is 26.7. The number of unbranched alkanes of at least 4 members (excludes halogenated alkanes) is 1. The first-order valence-electron chi connectivity index (χ1n) is 12.1. The minimum Gasteiger partial charge on any atom is -0.497 e. The van der Waals surface area contributed by atoms with Crippen molar-refractivity contribution in [1.29, 1.82) is 0 Å². The second-order valence-electron chi connectivity index (χ2n) is 8.42. The standard InChI is InChI=1S/C27H30N4O4S2/c1-4-6-17-30(5-2)37(33,34)23-13-10-20(11-14-23)26(32)31(19-21-9-7-8-16-28-21)27-29-24-18-22(35-3)12-15-25(24)36-27/h7-16,18H,4-6,17,19H2,1-3H3. The first-order valence-corrected chi connectivity index (χ1v) is 14.4. The number of fused-ring (bicyclic) bond motifs is 1. The minimum absolute atomic E-state index is 0.172. The molecule has 194 valence electrons. The number of methoxy groups -OCH3 is 1. The number of pyridine rings is 1. The fourth-order valence-electron chi connectivity index (χ4n) is 3.87. The van der Waals surface area contributed by atoms with Gasteiger partial charge in [-0.3, -0.25) is 14.7 Å². The molecule has 0 unspecified atom stereocenters. The zero-order valence-corrected chi connectivity index (χ0v) is 22.8. The highest BCUT2D eigenvalue weighted by atomic mass is 32.2. The van der Waals surface area contributed by atoms with Gasteiger partial charge in [0.15, 0.2) is 5.13 Å². The predicted molar refractivity (Wildman–Crippen MR) is 147 cm³/mol. The molecule has 2 heterocycles. The van der Waals surface area contributed by atoms with Crippen LogP contribution < -0.4 is 9.64 Å². The van der Waals surface area contributed by atoms with E-state index >= 15 is 0 Å². The maximum absolute atomic E-state index is 13.7. The maximum Gasteiger partial charge on any atom is 0.260 e. The summed E-state index contributed by atoms with van der Waals surface area (Å²) in [5, 5.41) is 0.521. The summed E-state index contributed by atoms with van der Waals surface area (Å²) in [5.41, 5.74) is 1.80. The molecule has 0 radical (unpaired) electrons. The number of amides is 1. The Hall–Kier alpha value is -3.34. The Kier molecular flexibility index (Phi) is 8.52. The van der Waals surface area contributed by atoms with Gasteiger partial charge in [-0.25, -0.2) is 13.4 Å². The molecule has 1 amide bonds. The van der Waals surface area contributed by atoms with Crippen molar-refractivity contribution in [3.63, 3.8) is 0 Å². The Labute approximate surface area is 221 Å². The van der Waals surface area contributed by atoms with Crippen molar-refractivity contribution in [3.8, 4) is 5.75 Å². The topological polar surface area (TPSA) is 92.7 Å². The van der Waals surface area contributed by atoms with Gasteiger partial charge < -0.3 is 4.74 Å². The molecule has 0 aliphatic rings. The van der Waals surface area contributed by atoms with Crippen molar-refractivity contribution in [2.45, 2.75) is 38.1 Å². The smallest absolute Gasteiger partial charge is 0.260 e. The summed E-state index contributed by atoms with van der Waals surface area (Å²) in [7, 11) is -2.04. The molecule has 4 aromatic rings. The van der Waals surface area contributed by atoms with E-state index in [0.29, 0.717) is 35.2 Å². The van der Waals surface area contributed by atoms with Crippen molar-refractivity contribution >= 4 is 42.6 Å². The van der Waals surface area contributed by atoms with Crippen LogP contribution in [0.3, 0.4) is 0 Å². The number of aromatic nitrogens is 2. The summed E-state index contributed by atoms with van der Waals surface area (Å²) in [5.74, 6) is 0.391. The number of thiazole rings is 1. The van der Waals surface area contributed by atoms with Gasteiger partial charge in [-0.1, -0.05) is 37.7 Å². The highest BCUT2D eigenvalue weighted by Crippen LogP contribution is 2.33. The third kappa shape index (κ3) is 5.98. The number of carbonyl (C=O) groups excluding carboxylic acids is 1. The lowest BCUT2D eigenvalue weighted by molar-refractivity contribution is 0.0984. The fourth-order valence-corrected chi connectivity index (χ4v) is 6.31. The summed E-state index contributed by atoms with van der Waals surface area (Å²) >= 11 is 1.40. The van der Waals surface area contributed by atoms with Gasteiger partial charge in [0.25, 0.3) is 5.91 Å². The van der Waals surface area contributed by atoms with Crippen LogP contribution in [0.25, 0.3) is 10.2 Å². The number of anilines is 1. The first-order chi connectivity index (χ1) is 17.9. The van der Waals surface area contributed by atoms with Crippen LogP contribution in [0, 0.1) is 0 Å². The molecule has 0 saturated heterocycles. The van der Waals surface area contributed by atoms with Crippen LogP contribution in [0.5, 0.6) is 5.75 Å². The van der Waals surface area contributed by atoms with E-state index in [1.54, 1.807) is 30.3 Å². The molecule has 2 aromatic heterocycles. The molecule has 0 fully saturated rings. The van der Waals surface area contributed by atoms with Gasteiger partial charge in [0.2, 0.25) is 10.0 Å². The van der Waals surface area contributed by atoms with E-state index in [9.17, 15) is 13.2 Å². The average molecular weight is 539 g/mol. The number of hydrogen-bond acceptors (Lipinski definition) is 7. The normalized spacial score (nSPS) is 11.7. The Bertz CT molecular complexity index is 1460. The third-order valence-electron chi connectivity index (χ3n) is 5.96. The van der Waals surface area contributed by atoms with E-state index in [-0.39, 0.29) is 17.3 Å². The third-order valence-corrected chi connectivity index (χ3v) is 9.01. The van der Waals surface area contributed by atoms with Crippen LogP contribution >= 0.6 is 11.3 Å². The number of hydrogen-bond donors (Lipinski definition) is 0. The zero-order chi connectivity index (χ0) is 26.4. The number of benzene rings is 2. The molecule has 0 aliphatic carbocycles. The number of ether oxygens (including phenoxy) is 1. The summed E-state index contributed by atoms with van der Waals surface area (Å²) in [6.45, 7) is 4.94. The number of rotatable bonds is 11. The molecule has 0 spiro atoms. The number of carbonyl (C=O) groups is 1. The van der Waals surface area contributed by atoms with Crippen molar-refractivity contribution in [1.82, 2.24) is 14.3 Å². The van der Waals surface area contributed by atoms with Gasteiger partial charge in [0.1, 0.15) is 5.75 Å². The molecule has 10 heteroatoms. The molecule has 2 aromatic carbocycles. The summed E-state index contributed by atoms with van der Waals surface area (Å²) in [4.78, 5) is 24.5. The minimum atomic E-state index is -3.63. The van der Waals surface area contributed by atoms with E-state index in [1.807, 2.05) is 50.2 Å². The van der Waals surface area contributed by atoms with Crippen molar-refractivity contribution in [2.24, 2.45) is 0 Å². The van der Waals surface area contributed by atoms with E-state index in [1.165, 1.54) is 27.8 Å². The highest BCUT2D eigenvalue weighted by molar-refractivity contribution is 7.89. The summed E-state index contributed by atoms with van der Waals surface area (Å²) in [6.07, 6.45) is 3.38. The Morgan fingerprint density at radius 3 is 2.49 bits per heavy atom. The van der Waals surface area contributed by atoms with Crippen LogP contribution in [0.2, 0.25) is 0 Å². The molecular weight excluding hydrogens is 508 g/mol. The molecule has 0 atom stereocenters. The maximum atomic E-state index is 13.7. The largest absolute Gasteiger partial charge is 0.497 e. The molecule has 0 bridgehead atoms. The zero-order valence-electron chi connectivity index (χ0n) is 21.1. The highest BCUT2D eigenvalue weighted by Gasteiger charge is 2.25. The Morgan fingerprint density at radius 1 is 1.05 bits per heavy atom. The van der Waals surface area contributed by atoms with Crippen LogP contribution in [-0.4, -0.2) is 48.8 Å². The lowest BCUT2D eigenvalue weighted by atomic mass is 10.2. The van der Waals surface area contributed by atoms with Gasteiger partial charge in [-0.15, -0.1) is 0 Å². The van der Waals surface area contributed by atoms with Crippen molar-refractivity contribution in [3.05, 3.63) is 78.1 Å². The van der Waals surface area contributed by atoms with Gasteiger partial charge in [0.05, 0.1) is 34.5 Å². The van der Waals surface area contributed by atoms with Crippen molar-refractivity contribution in [2.75, 3.05) is 25.1 Å². The molecule has 4 rings (SSSR count). The van der Waals surface area contributed by atoms with Crippen LogP contribution in [-0.2, 0) is 16.6 Å². The van der Waals surface area contributed by atoms with E-state index in [4.69, 9.17) is 9.72 Å². The van der Waals surface area contributed by atoms with Gasteiger partial charge in [-0.2, -0.15) is 4.31 Å². The molecule has 0 saturated carbocycles. The molecule has 0 N–H and O–H groups in total. The van der Waals surface area contributed by atoms with Crippen molar-refractivity contribution < 1.29 is 17.9 Å². The summed E-state index contributed by atoms with van der Waals surface area (Å²) in [6, 6.07) is 17.3. The van der Waals surface area contributed by atoms with Gasteiger partial charge >= 0.3 is 0 Å². The average Bonchev–Trinajstić information content (AvgIpc) is 3.35. The second kappa shape index (κ2) is 11.8. The number of nitrogens with zero attached hydrogens (tertiary/aromatic N) is 4. The number of sulfonamides is 1. The lowest BCUT2D eigenvalue weighted by Gasteiger charge is -2.21. The molecule has 0 aliphatic heterocycles. The molecule has 37 heavy (non-hydrogen) atoms. The Balaban J connectivity index is 1.67. The molecular formula is C27H30N4O4S2. The predicted octanol–water partition coefficient (Wildman–Crippen LogP) is 5.36. The van der Waals surface area contributed by atoms with Crippen LogP contribution in [0.15, 0.2) is 71.8 Å². The fraction of sp³-hybridized carbons (Fsp3) is 0.296. The quantitative estimate of drug-likeness (QED) is 0.255. The van der Waals surface area contributed by atoms with Crippen LogP contribution in [0.4, 0.5) is 5.13 Å². The van der Waals surface area contributed by atoms with Gasteiger partial charge in [-0.05, 0) is 55.0 Å². The van der Waals surface area contributed by atoms with E-state index in [0.717, 1.165) is 23.1 Å². The van der Waals surface area contributed by atoms with E-state index < -0.39 is 10.0 Å².